The lowest BCUT2D eigenvalue weighted by Gasteiger charge is -2.17. The summed E-state index contributed by atoms with van der Waals surface area (Å²) in [7, 11) is 1.72. The van der Waals surface area contributed by atoms with Crippen LogP contribution in [0.1, 0.15) is 12.5 Å². The molecule has 1 heterocycles. The second-order valence-corrected chi connectivity index (χ2v) is 5.54. The van der Waals surface area contributed by atoms with E-state index in [9.17, 15) is 4.39 Å². The SMILES string of the molecule is CN=C(NCCn1cc(C)cn1)NCC(C)Oc1ccc(F)cc1. The minimum Gasteiger partial charge on any atom is -0.489 e. The standard InChI is InChI=1S/C17H24FN5O/c1-13-10-22-23(12-13)9-8-20-17(19-3)21-11-14(2)24-16-6-4-15(18)5-7-16/h4-7,10,12,14H,8-9,11H2,1-3H3,(H2,19,20,21). The lowest BCUT2D eigenvalue weighted by molar-refractivity contribution is 0.223. The maximum atomic E-state index is 12.9. The van der Waals surface area contributed by atoms with Crippen LogP contribution in [0.25, 0.3) is 0 Å². The minimum atomic E-state index is -0.273. The van der Waals surface area contributed by atoms with Crippen LogP contribution in [0.3, 0.4) is 0 Å². The first-order valence-corrected chi connectivity index (χ1v) is 7.92. The number of ether oxygens (including phenoxy) is 1. The molecule has 0 fully saturated rings. The summed E-state index contributed by atoms with van der Waals surface area (Å²) in [6.07, 6.45) is 3.75. The molecule has 0 saturated heterocycles. The van der Waals surface area contributed by atoms with E-state index in [1.807, 2.05) is 30.9 Å². The molecule has 0 spiro atoms. The summed E-state index contributed by atoms with van der Waals surface area (Å²) in [4.78, 5) is 4.17. The van der Waals surface area contributed by atoms with Crippen molar-refractivity contribution in [3.63, 3.8) is 0 Å². The predicted molar refractivity (Wildman–Crippen MR) is 92.8 cm³/mol. The molecule has 7 heteroatoms. The van der Waals surface area contributed by atoms with Gasteiger partial charge in [-0.15, -0.1) is 0 Å². The van der Waals surface area contributed by atoms with Crippen LogP contribution in [0, 0.1) is 12.7 Å². The number of hydrogen-bond donors (Lipinski definition) is 2. The largest absolute Gasteiger partial charge is 0.489 e. The molecule has 1 aromatic carbocycles. The van der Waals surface area contributed by atoms with Crippen molar-refractivity contribution in [3.8, 4) is 5.75 Å². The number of aromatic nitrogens is 2. The van der Waals surface area contributed by atoms with Crippen molar-refractivity contribution in [2.45, 2.75) is 26.5 Å². The number of nitrogens with one attached hydrogen (secondary N) is 2. The van der Waals surface area contributed by atoms with Crippen LogP contribution in [-0.2, 0) is 6.54 Å². The summed E-state index contributed by atoms with van der Waals surface area (Å²) in [6.45, 7) is 6.01. The third kappa shape index (κ3) is 5.91. The highest BCUT2D eigenvalue weighted by Gasteiger charge is 2.06. The zero-order chi connectivity index (χ0) is 17.4. The molecule has 2 rings (SSSR count). The van der Waals surface area contributed by atoms with Crippen LogP contribution < -0.4 is 15.4 Å². The van der Waals surface area contributed by atoms with Crippen molar-refractivity contribution in [2.75, 3.05) is 20.1 Å². The fourth-order valence-corrected chi connectivity index (χ4v) is 2.13. The Hall–Kier alpha value is -2.57. The van der Waals surface area contributed by atoms with Crippen LogP contribution in [0.4, 0.5) is 4.39 Å². The van der Waals surface area contributed by atoms with Crippen molar-refractivity contribution < 1.29 is 9.13 Å². The first kappa shape index (κ1) is 17.8. The number of aliphatic imine (C=N–C) groups is 1. The Bertz CT molecular complexity index is 653. The van der Waals surface area contributed by atoms with Crippen molar-refractivity contribution >= 4 is 5.96 Å². The number of aryl methyl sites for hydroxylation is 1. The molecule has 0 amide bonds. The van der Waals surface area contributed by atoms with E-state index in [4.69, 9.17) is 4.74 Å². The average Bonchev–Trinajstić information content (AvgIpc) is 2.98. The normalized spacial score (nSPS) is 12.8. The van der Waals surface area contributed by atoms with Gasteiger partial charge in [-0.3, -0.25) is 9.67 Å². The summed E-state index contributed by atoms with van der Waals surface area (Å²) in [5.41, 5.74) is 1.14. The van der Waals surface area contributed by atoms with Gasteiger partial charge >= 0.3 is 0 Å². The van der Waals surface area contributed by atoms with E-state index >= 15 is 0 Å². The van der Waals surface area contributed by atoms with E-state index in [1.165, 1.54) is 12.1 Å². The molecule has 0 aliphatic rings. The number of nitrogens with zero attached hydrogens (tertiary/aromatic N) is 3. The Labute approximate surface area is 141 Å². The number of benzene rings is 1. The average molecular weight is 333 g/mol. The molecular weight excluding hydrogens is 309 g/mol. The molecule has 1 unspecified atom stereocenters. The molecule has 2 aromatic rings. The van der Waals surface area contributed by atoms with Crippen molar-refractivity contribution in [3.05, 3.63) is 48.0 Å². The Morgan fingerprint density at radius 3 is 2.71 bits per heavy atom. The summed E-state index contributed by atoms with van der Waals surface area (Å²) < 4.78 is 20.5. The minimum absolute atomic E-state index is 0.0808. The smallest absolute Gasteiger partial charge is 0.191 e. The van der Waals surface area contributed by atoms with Crippen LogP contribution >= 0.6 is 0 Å². The Morgan fingerprint density at radius 2 is 2.08 bits per heavy atom. The van der Waals surface area contributed by atoms with E-state index in [-0.39, 0.29) is 11.9 Å². The molecule has 0 bridgehead atoms. The van der Waals surface area contributed by atoms with Gasteiger partial charge in [-0.2, -0.15) is 5.10 Å². The van der Waals surface area contributed by atoms with Crippen molar-refractivity contribution in [1.29, 1.82) is 0 Å². The van der Waals surface area contributed by atoms with Gasteiger partial charge in [0.15, 0.2) is 5.96 Å². The number of rotatable bonds is 7. The second kappa shape index (κ2) is 8.90. The van der Waals surface area contributed by atoms with Gasteiger partial charge in [0.1, 0.15) is 17.7 Å². The molecular formula is C17H24FN5O. The molecule has 6 nitrogen and oxygen atoms in total. The monoisotopic (exact) mass is 333 g/mol. The van der Waals surface area contributed by atoms with Crippen LogP contribution in [0.15, 0.2) is 41.7 Å². The summed E-state index contributed by atoms with van der Waals surface area (Å²) in [6, 6.07) is 6.00. The Balaban J connectivity index is 1.69. The quantitative estimate of drug-likeness (QED) is 0.601. The molecule has 2 N–H and O–H groups in total. The highest BCUT2D eigenvalue weighted by molar-refractivity contribution is 5.79. The highest BCUT2D eigenvalue weighted by Crippen LogP contribution is 2.12. The molecule has 0 saturated carbocycles. The summed E-state index contributed by atoms with van der Waals surface area (Å²) in [5.74, 6) is 1.07. The molecule has 130 valence electrons. The fraction of sp³-hybridized carbons (Fsp3) is 0.412. The molecule has 0 radical (unpaired) electrons. The number of guanidine groups is 1. The van der Waals surface area contributed by atoms with Gasteiger partial charge in [0.25, 0.3) is 0 Å². The Morgan fingerprint density at radius 1 is 1.33 bits per heavy atom. The molecule has 1 atom stereocenters. The van der Waals surface area contributed by atoms with E-state index in [0.29, 0.717) is 24.8 Å². The third-order valence-electron chi connectivity index (χ3n) is 3.33. The lowest BCUT2D eigenvalue weighted by Crippen LogP contribution is -2.42. The van der Waals surface area contributed by atoms with E-state index in [1.54, 1.807) is 19.2 Å². The molecule has 0 aliphatic heterocycles. The maximum Gasteiger partial charge on any atom is 0.191 e. The van der Waals surface area contributed by atoms with Crippen molar-refractivity contribution in [1.82, 2.24) is 20.4 Å². The Kier molecular flexibility index (Phi) is 6.60. The predicted octanol–water partition coefficient (Wildman–Crippen LogP) is 1.96. The van der Waals surface area contributed by atoms with Crippen molar-refractivity contribution in [2.24, 2.45) is 4.99 Å². The molecule has 24 heavy (non-hydrogen) atoms. The zero-order valence-electron chi connectivity index (χ0n) is 14.3. The number of halogens is 1. The van der Waals surface area contributed by atoms with Crippen LogP contribution in [-0.4, -0.2) is 42.0 Å². The van der Waals surface area contributed by atoms with Gasteiger partial charge in [-0.25, -0.2) is 4.39 Å². The first-order valence-electron chi connectivity index (χ1n) is 7.92. The van der Waals surface area contributed by atoms with Gasteiger partial charge < -0.3 is 15.4 Å². The van der Waals surface area contributed by atoms with E-state index in [2.05, 4.69) is 20.7 Å². The number of hydrogen-bond acceptors (Lipinski definition) is 3. The topological polar surface area (TPSA) is 63.5 Å². The maximum absolute atomic E-state index is 12.9. The fourth-order valence-electron chi connectivity index (χ4n) is 2.13. The van der Waals surface area contributed by atoms with Gasteiger partial charge in [-0.05, 0) is 43.7 Å². The summed E-state index contributed by atoms with van der Waals surface area (Å²) >= 11 is 0. The van der Waals surface area contributed by atoms with Gasteiger partial charge in [0.2, 0.25) is 0 Å². The summed E-state index contributed by atoms with van der Waals surface area (Å²) in [5, 5.41) is 10.7. The van der Waals surface area contributed by atoms with Gasteiger partial charge in [-0.1, -0.05) is 0 Å². The van der Waals surface area contributed by atoms with Crippen LogP contribution in [0.2, 0.25) is 0 Å². The van der Waals surface area contributed by atoms with Gasteiger partial charge in [0.05, 0.1) is 19.3 Å². The van der Waals surface area contributed by atoms with Gasteiger partial charge in [0, 0.05) is 19.8 Å². The molecule has 0 aliphatic carbocycles. The zero-order valence-corrected chi connectivity index (χ0v) is 14.3. The lowest BCUT2D eigenvalue weighted by atomic mass is 10.3. The molecule has 1 aromatic heterocycles. The second-order valence-electron chi connectivity index (χ2n) is 5.54. The van der Waals surface area contributed by atoms with E-state index in [0.717, 1.165) is 12.1 Å². The third-order valence-corrected chi connectivity index (χ3v) is 3.33. The highest BCUT2D eigenvalue weighted by atomic mass is 19.1. The van der Waals surface area contributed by atoms with Crippen LogP contribution in [0.5, 0.6) is 5.75 Å². The first-order chi connectivity index (χ1) is 11.6. The van der Waals surface area contributed by atoms with E-state index < -0.39 is 0 Å².